The van der Waals surface area contributed by atoms with Gasteiger partial charge in [0.25, 0.3) is 0 Å². The van der Waals surface area contributed by atoms with Crippen LogP contribution in [0.15, 0.2) is 72.8 Å². The minimum atomic E-state index is -3.63. The van der Waals surface area contributed by atoms with Crippen LogP contribution in [0, 0.1) is 0 Å². The smallest absolute Gasteiger partial charge is 0.490 e. The first-order valence-electron chi connectivity index (χ1n) is 9.48. The Balaban J connectivity index is 1.39. The van der Waals surface area contributed by atoms with Crippen molar-refractivity contribution in [3.63, 3.8) is 0 Å². The fourth-order valence-electron chi connectivity index (χ4n) is 3.20. The zero-order valence-corrected chi connectivity index (χ0v) is 16.3. The fraction of sp³-hybridized carbons (Fsp3) is 0.125. The predicted molar refractivity (Wildman–Crippen MR) is 110 cm³/mol. The van der Waals surface area contributed by atoms with Crippen molar-refractivity contribution >= 4 is 12.0 Å². The Bertz CT molecular complexity index is 1140. The molecule has 0 bridgehead atoms. The molecule has 1 heterocycles. The number of alkyl halides is 2. The molecule has 0 aromatic heterocycles. The van der Waals surface area contributed by atoms with Gasteiger partial charge < -0.3 is 19.3 Å². The van der Waals surface area contributed by atoms with Crippen LogP contribution in [0.1, 0.15) is 11.1 Å². The van der Waals surface area contributed by atoms with Gasteiger partial charge in [0.2, 0.25) is 0 Å². The number of rotatable bonds is 7. The summed E-state index contributed by atoms with van der Waals surface area (Å²) in [7, 11) is 0. The van der Waals surface area contributed by atoms with Crippen molar-refractivity contribution in [2.45, 2.75) is 12.7 Å². The third-order valence-electron chi connectivity index (χ3n) is 4.53. The van der Waals surface area contributed by atoms with Crippen LogP contribution in [0.5, 0.6) is 17.2 Å². The lowest BCUT2D eigenvalue weighted by atomic mass is 10.0. The monoisotopic (exact) mass is 424 g/mol. The summed E-state index contributed by atoms with van der Waals surface area (Å²) in [6.45, 7) is 0.271. The van der Waals surface area contributed by atoms with E-state index in [0.717, 1.165) is 16.7 Å². The molecule has 4 rings (SSSR count). The van der Waals surface area contributed by atoms with E-state index in [1.807, 2.05) is 42.5 Å². The number of hydrogen-bond acceptors (Lipinski definition) is 4. The number of benzene rings is 3. The Labute approximate surface area is 177 Å². The molecule has 31 heavy (non-hydrogen) atoms. The van der Waals surface area contributed by atoms with E-state index < -0.39 is 12.3 Å². The van der Waals surface area contributed by atoms with E-state index in [9.17, 15) is 13.6 Å². The fourth-order valence-corrected chi connectivity index (χ4v) is 3.20. The zero-order chi connectivity index (χ0) is 21.8. The molecule has 1 aliphatic rings. The van der Waals surface area contributed by atoms with E-state index in [0.29, 0.717) is 11.3 Å². The van der Waals surface area contributed by atoms with E-state index in [2.05, 4.69) is 9.47 Å². The van der Waals surface area contributed by atoms with Crippen molar-refractivity contribution in [2.75, 3.05) is 6.61 Å². The second kappa shape index (κ2) is 8.47. The topological polar surface area (TPSA) is 65.0 Å². The highest BCUT2D eigenvalue weighted by atomic mass is 19.3. The highest BCUT2D eigenvalue weighted by Crippen LogP contribution is 2.41. The lowest BCUT2D eigenvalue weighted by molar-refractivity contribution is -0.286. The molecule has 158 valence electrons. The first kappa shape index (κ1) is 20.4. The molecule has 0 radical (unpaired) electrons. The number of carboxylic acids is 1. The normalized spacial score (nSPS) is 14.0. The third kappa shape index (κ3) is 5.19. The molecule has 0 fully saturated rings. The molecular formula is C24H18F2O5. The Morgan fingerprint density at radius 3 is 2.52 bits per heavy atom. The maximum Gasteiger partial charge on any atom is 0.586 e. The minimum Gasteiger partial charge on any atom is -0.490 e. The number of carbonyl (C=O) groups is 1. The summed E-state index contributed by atoms with van der Waals surface area (Å²) in [6.07, 6.45) is -0.173. The Morgan fingerprint density at radius 1 is 0.968 bits per heavy atom. The van der Waals surface area contributed by atoms with Gasteiger partial charge >= 0.3 is 12.3 Å². The van der Waals surface area contributed by atoms with Gasteiger partial charge in [0.15, 0.2) is 11.5 Å². The molecule has 0 amide bonds. The van der Waals surface area contributed by atoms with E-state index in [1.54, 1.807) is 24.3 Å². The molecule has 3 aromatic rings. The number of carboxylic acid groups (broad SMARTS) is 1. The van der Waals surface area contributed by atoms with Crippen molar-refractivity contribution in [3.8, 4) is 28.4 Å². The predicted octanol–water partition coefficient (Wildman–Crippen LogP) is 5.39. The maximum absolute atomic E-state index is 13.1. The van der Waals surface area contributed by atoms with Crippen LogP contribution in [0.2, 0.25) is 0 Å². The van der Waals surface area contributed by atoms with E-state index >= 15 is 0 Å². The van der Waals surface area contributed by atoms with Crippen molar-refractivity contribution in [1.29, 1.82) is 0 Å². The molecule has 0 saturated heterocycles. The van der Waals surface area contributed by atoms with Crippen molar-refractivity contribution in [2.24, 2.45) is 0 Å². The average Bonchev–Trinajstić information content (AvgIpc) is 3.04. The molecule has 3 aromatic carbocycles. The summed E-state index contributed by atoms with van der Waals surface area (Å²) in [5.74, 6) is -0.234. The van der Waals surface area contributed by atoms with Gasteiger partial charge in [-0.25, -0.2) is 0 Å². The third-order valence-corrected chi connectivity index (χ3v) is 4.53. The molecule has 1 aliphatic heterocycles. The lowest BCUT2D eigenvalue weighted by Crippen LogP contribution is -2.25. The van der Waals surface area contributed by atoms with Crippen LogP contribution in [-0.4, -0.2) is 24.0 Å². The van der Waals surface area contributed by atoms with Crippen LogP contribution in [-0.2, 0) is 11.2 Å². The Hall–Kier alpha value is -3.87. The van der Waals surface area contributed by atoms with Crippen LogP contribution >= 0.6 is 0 Å². The first-order valence-corrected chi connectivity index (χ1v) is 9.48. The highest BCUT2D eigenvalue weighted by Gasteiger charge is 2.43. The van der Waals surface area contributed by atoms with Gasteiger partial charge in [0.05, 0.1) is 6.42 Å². The summed E-state index contributed by atoms with van der Waals surface area (Å²) in [4.78, 5) is 10.9. The maximum atomic E-state index is 13.1. The number of fused-ring (bicyclic) bond motifs is 1. The molecule has 0 aliphatic carbocycles. The van der Waals surface area contributed by atoms with Crippen molar-refractivity contribution < 1.29 is 32.9 Å². The van der Waals surface area contributed by atoms with Gasteiger partial charge in [0.1, 0.15) is 12.4 Å². The van der Waals surface area contributed by atoms with Crippen LogP contribution in [0.3, 0.4) is 0 Å². The molecular weight excluding hydrogens is 406 g/mol. The zero-order valence-electron chi connectivity index (χ0n) is 16.3. The Morgan fingerprint density at radius 2 is 1.71 bits per heavy atom. The molecule has 0 saturated carbocycles. The van der Waals surface area contributed by atoms with Crippen LogP contribution in [0.25, 0.3) is 17.2 Å². The molecule has 0 unspecified atom stereocenters. The SMILES string of the molecule is O=C(O)Cc1cccc(-c2cccc(OC/C=C/c3ccc4c(c3)OC(F)(F)O4)c2)c1. The summed E-state index contributed by atoms with van der Waals surface area (Å²) in [5, 5.41) is 8.97. The van der Waals surface area contributed by atoms with Crippen LogP contribution in [0.4, 0.5) is 8.78 Å². The Kier molecular flexibility index (Phi) is 5.58. The second-order valence-electron chi connectivity index (χ2n) is 6.89. The average molecular weight is 424 g/mol. The quantitative estimate of drug-likeness (QED) is 0.551. The van der Waals surface area contributed by atoms with Gasteiger partial charge in [-0.05, 0) is 52.6 Å². The van der Waals surface area contributed by atoms with E-state index in [-0.39, 0.29) is 24.5 Å². The van der Waals surface area contributed by atoms with Gasteiger partial charge in [-0.1, -0.05) is 48.5 Å². The summed E-state index contributed by atoms with van der Waals surface area (Å²) in [6, 6.07) is 19.4. The first-order chi connectivity index (χ1) is 14.9. The lowest BCUT2D eigenvalue weighted by Gasteiger charge is -2.08. The number of aliphatic carboxylic acids is 1. The van der Waals surface area contributed by atoms with Gasteiger partial charge in [0, 0.05) is 0 Å². The van der Waals surface area contributed by atoms with Gasteiger partial charge in [-0.15, -0.1) is 8.78 Å². The van der Waals surface area contributed by atoms with Crippen LogP contribution < -0.4 is 14.2 Å². The van der Waals surface area contributed by atoms with E-state index in [1.165, 1.54) is 12.1 Å². The van der Waals surface area contributed by atoms with Crippen molar-refractivity contribution in [1.82, 2.24) is 0 Å². The summed E-state index contributed by atoms with van der Waals surface area (Å²) in [5.41, 5.74) is 3.20. The highest BCUT2D eigenvalue weighted by molar-refractivity contribution is 5.72. The van der Waals surface area contributed by atoms with Gasteiger partial charge in [-0.2, -0.15) is 0 Å². The number of ether oxygens (including phenoxy) is 3. The number of hydrogen-bond donors (Lipinski definition) is 1. The van der Waals surface area contributed by atoms with Gasteiger partial charge in [-0.3, -0.25) is 4.79 Å². The number of halogens is 2. The van der Waals surface area contributed by atoms with E-state index in [4.69, 9.17) is 9.84 Å². The molecule has 0 atom stereocenters. The molecule has 1 N–H and O–H groups in total. The molecule has 7 heteroatoms. The summed E-state index contributed by atoms with van der Waals surface area (Å²) >= 11 is 0. The minimum absolute atomic E-state index is 0.00244. The standard InChI is InChI=1S/C24H18F2O5/c25-24(26)30-21-10-9-16(13-22(21)31-24)5-3-11-29-20-8-2-7-19(15-20)18-6-1-4-17(12-18)14-23(27)28/h1-10,12-13,15H,11,14H2,(H,27,28)/b5-3+. The largest absolute Gasteiger partial charge is 0.586 e. The summed E-state index contributed by atoms with van der Waals surface area (Å²) < 4.78 is 40.7. The molecule has 5 nitrogen and oxygen atoms in total. The second-order valence-corrected chi connectivity index (χ2v) is 6.89. The van der Waals surface area contributed by atoms with Crippen molar-refractivity contribution in [3.05, 3.63) is 83.9 Å². The molecule has 0 spiro atoms.